The molecule has 0 radical (unpaired) electrons. The number of carbonyl (C=O) groups is 1. The Labute approximate surface area is 175 Å². The van der Waals surface area contributed by atoms with Gasteiger partial charge >= 0.3 is 0 Å². The monoisotopic (exact) mass is 451 g/mol. The number of benzene rings is 2. The number of hydrogen-bond donors (Lipinski definition) is 1. The lowest BCUT2D eigenvalue weighted by Gasteiger charge is -2.07. The van der Waals surface area contributed by atoms with Crippen LogP contribution in [0.2, 0.25) is 0 Å². The van der Waals surface area contributed by atoms with Crippen molar-refractivity contribution in [3.05, 3.63) is 81.3 Å². The fourth-order valence-electron chi connectivity index (χ4n) is 3.01. The van der Waals surface area contributed by atoms with E-state index in [2.05, 4.69) is 38.4 Å². The van der Waals surface area contributed by atoms with Crippen LogP contribution >= 0.6 is 15.9 Å². The highest BCUT2D eigenvalue weighted by atomic mass is 79.9. The van der Waals surface area contributed by atoms with Crippen LogP contribution in [-0.4, -0.2) is 25.3 Å². The maximum atomic E-state index is 12.8. The van der Waals surface area contributed by atoms with Crippen LogP contribution in [0.5, 0.6) is 0 Å². The van der Waals surface area contributed by atoms with E-state index in [4.69, 9.17) is 0 Å². The second-order valence-corrected chi connectivity index (χ2v) is 7.48. The molecule has 0 aliphatic carbocycles. The zero-order valence-electron chi connectivity index (χ0n) is 15.7. The summed E-state index contributed by atoms with van der Waals surface area (Å²) in [6.45, 7) is 1.91. The summed E-state index contributed by atoms with van der Waals surface area (Å²) in [7, 11) is 0. The van der Waals surface area contributed by atoms with Gasteiger partial charge in [-0.15, -0.1) is 0 Å². The molecule has 29 heavy (non-hydrogen) atoms. The third-order valence-electron chi connectivity index (χ3n) is 4.55. The Morgan fingerprint density at radius 2 is 1.93 bits per heavy atom. The Bertz CT molecular complexity index is 1240. The molecule has 7 nitrogen and oxygen atoms in total. The lowest BCUT2D eigenvalue weighted by atomic mass is 10.1. The number of amides is 1. The van der Waals surface area contributed by atoms with Crippen molar-refractivity contribution in [3.63, 3.8) is 0 Å². The summed E-state index contributed by atoms with van der Waals surface area (Å²) in [4.78, 5) is 25.1. The first-order valence-electron chi connectivity index (χ1n) is 9.13. The summed E-state index contributed by atoms with van der Waals surface area (Å²) < 4.78 is 3.42. The molecule has 0 aliphatic heterocycles. The van der Waals surface area contributed by atoms with E-state index >= 15 is 0 Å². The fraction of sp³-hybridized carbons (Fsp3) is 0.143. The highest BCUT2D eigenvalue weighted by Crippen LogP contribution is 2.19. The molecule has 0 spiro atoms. The Morgan fingerprint density at radius 1 is 1.14 bits per heavy atom. The van der Waals surface area contributed by atoms with Gasteiger partial charge in [0.05, 0.1) is 5.69 Å². The van der Waals surface area contributed by atoms with E-state index in [0.717, 1.165) is 21.1 Å². The van der Waals surface area contributed by atoms with E-state index in [9.17, 15) is 9.59 Å². The minimum Gasteiger partial charge on any atom is -0.324 e. The molecule has 146 valence electrons. The maximum Gasteiger partial charge on any atom is 0.293 e. The van der Waals surface area contributed by atoms with Gasteiger partial charge in [0.25, 0.3) is 5.56 Å². The van der Waals surface area contributed by atoms with Crippen molar-refractivity contribution in [1.29, 1.82) is 0 Å². The van der Waals surface area contributed by atoms with Gasteiger partial charge in [-0.25, -0.2) is 9.20 Å². The summed E-state index contributed by atoms with van der Waals surface area (Å²) in [5, 5.41) is 11.3. The summed E-state index contributed by atoms with van der Waals surface area (Å²) in [5.41, 5.74) is 3.47. The van der Waals surface area contributed by atoms with Gasteiger partial charge < -0.3 is 5.32 Å². The molecular formula is C21H18BrN5O2. The fourth-order valence-corrected chi connectivity index (χ4v) is 3.41. The number of anilines is 1. The van der Waals surface area contributed by atoms with Crippen molar-refractivity contribution in [2.75, 3.05) is 5.32 Å². The maximum absolute atomic E-state index is 12.8. The quantitative estimate of drug-likeness (QED) is 0.503. The van der Waals surface area contributed by atoms with E-state index in [-0.39, 0.29) is 18.0 Å². The standard InChI is InChI=1S/C21H18BrN5O2/c1-2-14-6-8-15(9-7-14)18-11-19-21(29)26(23-13-27(19)25-18)12-20(28)24-17-5-3-4-16(22)10-17/h3-11,13H,2,12H2,1H3,(H,24,28). The van der Waals surface area contributed by atoms with Gasteiger partial charge in [0.15, 0.2) is 0 Å². The van der Waals surface area contributed by atoms with E-state index < -0.39 is 0 Å². The zero-order chi connectivity index (χ0) is 20.4. The van der Waals surface area contributed by atoms with Gasteiger partial charge in [0, 0.05) is 15.7 Å². The van der Waals surface area contributed by atoms with Gasteiger partial charge in [-0.2, -0.15) is 10.2 Å². The molecule has 0 bridgehead atoms. The van der Waals surface area contributed by atoms with Crippen LogP contribution in [0.25, 0.3) is 16.8 Å². The van der Waals surface area contributed by atoms with Gasteiger partial charge in [-0.1, -0.05) is 53.2 Å². The Morgan fingerprint density at radius 3 is 2.66 bits per heavy atom. The van der Waals surface area contributed by atoms with Crippen LogP contribution in [0.3, 0.4) is 0 Å². The number of rotatable bonds is 5. The van der Waals surface area contributed by atoms with Crippen molar-refractivity contribution in [2.45, 2.75) is 19.9 Å². The molecular weight excluding hydrogens is 434 g/mol. The number of carbonyl (C=O) groups excluding carboxylic acids is 1. The highest BCUT2D eigenvalue weighted by Gasteiger charge is 2.12. The zero-order valence-corrected chi connectivity index (χ0v) is 17.3. The molecule has 0 aliphatic rings. The SMILES string of the molecule is CCc1ccc(-c2cc3c(=O)n(CC(=O)Nc4cccc(Br)c4)ncn3n2)cc1. The van der Waals surface area contributed by atoms with E-state index in [1.165, 1.54) is 16.4 Å². The van der Waals surface area contributed by atoms with Gasteiger partial charge in [-0.3, -0.25) is 9.59 Å². The van der Waals surface area contributed by atoms with E-state index in [0.29, 0.717) is 16.9 Å². The number of hydrogen-bond acceptors (Lipinski definition) is 4. The predicted molar refractivity (Wildman–Crippen MR) is 115 cm³/mol. The lowest BCUT2D eigenvalue weighted by Crippen LogP contribution is -2.30. The molecule has 0 atom stereocenters. The molecule has 1 N–H and O–H groups in total. The van der Waals surface area contributed by atoms with Crippen LogP contribution in [0.4, 0.5) is 5.69 Å². The normalized spacial score (nSPS) is 11.0. The molecule has 0 unspecified atom stereocenters. The number of nitrogens with zero attached hydrogens (tertiary/aromatic N) is 4. The van der Waals surface area contributed by atoms with Gasteiger partial charge in [-0.05, 0) is 36.2 Å². The summed E-state index contributed by atoms with van der Waals surface area (Å²) in [6.07, 6.45) is 2.40. The Hall–Kier alpha value is -3.26. The topological polar surface area (TPSA) is 81.3 Å². The highest BCUT2D eigenvalue weighted by molar-refractivity contribution is 9.10. The number of nitrogens with one attached hydrogen (secondary N) is 1. The summed E-state index contributed by atoms with van der Waals surface area (Å²) >= 11 is 3.36. The first-order chi connectivity index (χ1) is 14.0. The van der Waals surface area contributed by atoms with Crippen molar-refractivity contribution >= 4 is 33.0 Å². The van der Waals surface area contributed by atoms with Crippen molar-refractivity contribution in [1.82, 2.24) is 19.4 Å². The molecule has 2 aromatic carbocycles. The van der Waals surface area contributed by atoms with Gasteiger partial charge in [0.2, 0.25) is 5.91 Å². The third-order valence-corrected chi connectivity index (χ3v) is 5.04. The van der Waals surface area contributed by atoms with Crippen LogP contribution in [0, 0.1) is 0 Å². The van der Waals surface area contributed by atoms with Crippen LogP contribution in [0.1, 0.15) is 12.5 Å². The molecule has 0 fully saturated rings. The van der Waals surface area contributed by atoms with E-state index in [1.807, 2.05) is 36.4 Å². The van der Waals surface area contributed by atoms with Gasteiger partial charge in [0.1, 0.15) is 18.4 Å². The largest absolute Gasteiger partial charge is 0.324 e. The first-order valence-corrected chi connectivity index (χ1v) is 9.93. The molecule has 4 aromatic rings. The minimum atomic E-state index is -0.374. The van der Waals surface area contributed by atoms with Crippen molar-refractivity contribution in [2.24, 2.45) is 0 Å². The molecule has 0 saturated carbocycles. The van der Waals surface area contributed by atoms with Crippen LogP contribution in [0.15, 0.2) is 70.2 Å². The first kappa shape index (κ1) is 19.1. The smallest absolute Gasteiger partial charge is 0.293 e. The third kappa shape index (κ3) is 4.12. The summed E-state index contributed by atoms with van der Waals surface area (Å²) in [6, 6.07) is 17.0. The molecule has 0 saturated heterocycles. The Kier molecular flexibility index (Phi) is 5.26. The Balaban J connectivity index is 1.58. The average molecular weight is 452 g/mol. The molecule has 1 amide bonds. The number of fused-ring (bicyclic) bond motifs is 1. The van der Waals surface area contributed by atoms with Crippen molar-refractivity contribution in [3.8, 4) is 11.3 Å². The second-order valence-electron chi connectivity index (χ2n) is 6.56. The molecule has 2 heterocycles. The molecule has 2 aromatic heterocycles. The second kappa shape index (κ2) is 8.00. The average Bonchev–Trinajstić information content (AvgIpc) is 3.15. The van der Waals surface area contributed by atoms with Crippen LogP contribution < -0.4 is 10.9 Å². The molecule has 8 heteroatoms. The molecule has 4 rings (SSSR count). The number of aromatic nitrogens is 4. The van der Waals surface area contributed by atoms with Crippen molar-refractivity contribution < 1.29 is 4.79 Å². The van der Waals surface area contributed by atoms with E-state index in [1.54, 1.807) is 18.2 Å². The minimum absolute atomic E-state index is 0.187. The summed E-state index contributed by atoms with van der Waals surface area (Å²) in [5.74, 6) is -0.336. The predicted octanol–water partition coefficient (Wildman–Crippen LogP) is 3.52. The number of halogens is 1. The van der Waals surface area contributed by atoms with Crippen LogP contribution in [-0.2, 0) is 17.8 Å². The number of aryl methyl sites for hydroxylation is 1. The lowest BCUT2D eigenvalue weighted by molar-refractivity contribution is -0.117.